The number of hydrogen-bond donors (Lipinski definition) is 5. The number of nitrogens with one attached hydrogen (secondary N) is 4. The van der Waals surface area contributed by atoms with E-state index in [1.807, 2.05) is 26.0 Å². The van der Waals surface area contributed by atoms with E-state index >= 15 is 0 Å². The number of aromatic nitrogens is 4. The predicted octanol–water partition coefficient (Wildman–Crippen LogP) is 2.09. The van der Waals surface area contributed by atoms with Crippen molar-refractivity contribution in [2.45, 2.75) is 19.9 Å². The Hall–Kier alpha value is -3.95. The van der Waals surface area contributed by atoms with Crippen LogP contribution in [0.25, 0.3) is 11.4 Å². The van der Waals surface area contributed by atoms with Crippen LogP contribution in [0, 0.1) is 5.41 Å². The van der Waals surface area contributed by atoms with Gasteiger partial charge in [-0.05, 0) is 44.2 Å². The number of carbonyl (C=O) groups excluding carboxylic acids is 1. The number of aromatic amines is 1. The smallest absolute Gasteiger partial charge is 0.258 e. The van der Waals surface area contributed by atoms with Crippen LogP contribution in [0.5, 0.6) is 5.75 Å². The highest BCUT2D eigenvalue weighted by atomic mass is 16.5. The molecule has 3 rings (SSSR count). The molecular formula is C19H22N8O2. The lowest BCUT2D eigenvalue weighted by Gasteiger charge is -2.09. The molecule has 0 atom stereocenters. The molecule has 2 heterocycles. The number of benzene rings is 1. The van der Waals surface area contributed by atoms with Gasteiger partial charge in [-0.3, -0.25) is 9.89 Å². The summed E-state index contributed by atoms with van der Waals surface area (Å²) in [7, 11) is 0. The molecule has 0 aliphatic heterocycles. The average Bonchev–Trinajstić information content (AvgIpc) is 3.16. The first-order valence-electron chi connectivity index (χ1n) is 8.92. The average molecular weight is 394 g/mol. The van der Waals surface area contributed by atoms with Gasteiger partial charge in [0.1, 0.15) is 11.6 Å². The number of hydrogen-bond acceptors (Lipinski definition) is 8. The van der Waals surface area contributed by atoms with Gasteiger partial charge in [-0.2, -0.15) is 4.98 Å². The minimum absolute atomic E-state index is 0.0414. The van der Waals surface area contributed by atoms with Gasteiger partial charge < -0.3 is 26.5 Å². The Balaban J connectivity index is 1.63. The summed E-state index contributed by atoms with van der Waals surface area (Å²) in [6.45, 7) is 3.74. The topological polar surface area (TPSA) is 155 Å². The molecule has 10 heteroatoms. The Morgan fingerprint density at radius 3 is 2.79 bits per heavy atom. The molecule has 0 bridgehead atoms. The molecule has 10 nitrogen and oxygen atoms in total. The molecule has 0 aliphatic rings. The van der Waals surface area contributed by atoms with Gasteiger partial charge >= 0.3 is 0 Å². The molecule has 0 fully saturated rings. The van der Waals surface area contributed by atoms with Crippen molar-refractivity contribution in [2.75, 3.05) is 17.7 Å². The van der Waals surface area contributed by atoms with Crippen LogP contribution < -0.4 is 21.1 Å². The fourth-order valence-corrected chi connectivity index (χ4v) is 2.46. The van der Waals surface area contributed by atoms with Gasteiger partial charge in [0.15, 0.2) is 12.4 Å². The Kier molecular flexibility index (Phi) is 6.03. The van der Waals surface area contributed by atoms with Crippen LogP contribution in [-0.2, 0) is 4.79 Å². The highest BCUT2D eigenvalue weighted by Gasteiger charge is 2.09. The van der Waals surface area contributed by atoms with Gasteiger partial charge in [-0.25, -0.2) is 4.98 Å². The Labute approximate surface area is 167 Å². The molecule has 0 unspecified atom stereocenters. The van der Waals surface area contributed by atoms with Crippen LogP contribution in [0.2, 0.25) is 0 Å². The highest BCUT2D eigenvalue weighted by molar-refractivity contribution is 5.86. The van der Waals surface area contributed by atoms with Crippen molar-refractivity contribution in [2.24, 2.45) is 0 Å². The summed E-state index contributed by atoms with van der Waals surface area (Å²) in [5.41, 5.74) is 7.51. The monoisotopic (exact) mass is 394 g/mol. The van der Waals surface area contributed by atoms with E-state index in [9.17, 15) is 4.79 Å². The minimum Gasteiger partial charge on any atom is -0.484 e. The number of nitrogens with zero attached hydrogens (tertiary/aromatic N) is 3. The molecule has 1 amide bonds. The van der Waals surface area contributed by atoms with Crippen LogP contribution in [0.1, 0.15) is 19.4 Å². The van der Waals surface area contributed by atoms with E-state index in [2.05, 4.69) is 30.8 Å². The number of carbonyl (C=O) groups is 1. The molecule has 3 aromatic rings. The fourth-order valence-electron chi connectivity index (χ4n) is 2.46. The lowest BCUT2D eigenvalue weighted by atomic mass is 10.2. The number of H-pyrrole nitrogens is 1. The first kappa shape index (κ1) is 19.8. The SMILES string of the molecule is CC(C)NC(=O)COc1ccc(-c2nc(Nc3cc(C=N)c(N)cn3)n[nH]2)cc1. The zero-order valence-electron chi connectivity index (χ0n) is 16.1. The van der Waals surface area contributed by atoms with Gasteiger partial charge in [0.05, 0.1) is 11.9 Å². The van der Waals surface area contributed by atoms with Crippen LogP contribution in [0.4, 0.5) is 17.5 Å². The number of anilines is 3. The predicted molar refractivity (Wildman–Crippen MR) is 110 cm³/mol. The van der Waals surface area contributed by atoms with Gasteiger partial charge in [0, 0.05) is 23.4 Å². The minimum atomic E-state index is -0.169. The molecule has 2 aromatic heterocycles. The fraction of sp³-hybridized carbons (Fsp3) is 0.211. The molecule has 0 saturated heterocycles. The maximum Gasteiger partial charge on any atom is 0.258 e. The summed E-state index contributed by atoms with van der Waals surface area (Å²) < 4.78 is 5.47. The summed E-state index contributed by atoms with van der Waals surface area (Å²) in [6.07, 6.45) is 2.62. The number of pyridine rings is 1. The van der Waals surface area contributed by atoms with Crippen molar-refractivity contribution in [1.82, 2.24) is 25.5 Å². The second kappa shape index (κ2) is 8.83. The summed E-state index contributed by atoms with van der Waals surface area (Å²) in [4.78, 5) is 20.2. The summed E-state index contributed by atoms with van der Waals surface area (Å²) >= 11 is 0. The Bertz CT molecular complexity index is 998. The molecule has 1 aromatic carbocycles. The van der Waals surface area contributed by atoms with E-state index in [-0.39, 0.29) is 18.6 Å². The Morgan fingerprint density at radius 2 is 2.10 bits per heavy atom. The number of nitrogens with two attached hydrogens (primary N) is 1. The number of rotatable bonds is 8. The first-order valence-corrected chi connectivity index (χ1v) is 8.92. The van der Waals surface area contributed by atoms with E-state index in [0.29, 0.717) is 34.6 Å². The normalized spacial score (nSPS) is 10.6. The molecule has 0 saturated carbocycles. The molecule has 0 spiro atoms. The van der Waals surface area contributed by atoms with Gasteiger partial charge in [0.2, 0.25) is 5.95 Å². The number of amides is 1. The van der Waals surface area contributed by atoms with Crippen LogP contribution in [0.3, 0.4) is 0 Å². The van der Waals surface area contributed by atoms with E-state index < -0.39 is 0 Å². The van der Waals surface area contributed by atoms with Crippen molar-refractivity contribution < 1.29 is 9.53 Å². The maximum atomic E-state index is 11.6. The lowest BCUT2D eigenvalue weighted by molar-refractivity contribution is -0.123. The van der Waals surface area contributed by atoms with Gasteiger partial charge in [-0.15, -0.1) is 5.10 Å². The third-order valence-electron chi connectivity index (χ3n) is 3.80. The van der Waals surface area contributed by atoms with Crippen LogP contribution in [0.15, 0.2) is 36.5 Å². The van der Waals surface area contributed by atoms with Crippen molar-refractivity contribution in [3.63, 3.8) is 0 Å². The zero-order chi connectivity index (χ0) is 20.8. The van der Waals surface area contributed by atoms with Crippen molar-refractivity contribution in [3.8, 4) is 17.1 Å². The van der Waals surface area contributed by atoms with Gasteiger partial charge in [-0.1, -0.05) is 0 Å². The molecule has 6 N–H and O–H groups in total. The third kappa shape index (κ3) is 5.28. The van der Waals surface area contributed by atoms with Crippen molar-refractivity contribution in [1.29, 1.82) is 5.41 Å². The van der Waals surface area contributed by atoms with E-state index in [1.54, 1.807) is 18.2 Å². The molecular weight excluding hydrogens is 372 g/mol. The molecule has 150 valence electrons. The van der Waals surface area contributed by atoms with Crippen LogP contribution in [-0.4, -0.2) is 44.9 Å². The first-order chi connectivity index (χ1) is 13.9. The molecule has 29 heavy (non-hydrogen) atoms. The zero-order valence-corrected chi connectivity index (χ0v) is 16.1. The maximum absolute atomic E-state index is 11.6. The Morgan fingerprint density at radius 1 is 1.34 bits per heavy atom. The lowest BCUT2D eigenvalue weighted by Crippen LogP contribution is -2.34. The van der Waals surface area contributed by atoms with Crippen molar-refractivity contribution >= 4 is 29.6 Å². The summed E-state index contributed by atoms with van der Waals surface area (Å²) in [5.74, 6) is 1.78. The highest BCUT2D eigenvalue weighted by Crippen LogP contribution is 2.21. The second-order valence-electron chi connectivity index (χ2n) is 6.51. The molecule has 0 aliphatic carbocycles. The van der Waals surface area contributed by atoms with Gasteiger partial charge in [0.25, 0.3) is 5.91 Å². The third-order valence-corrected chi connectivity index (χ3v) is 3.80. The van der Waals surface area contributed by atoms with Crippen LogP contribution >= 0.6 is 0 Å². The van der Waals surface area contributed by atoms with E-state index in [0.717, 1.165) is 11.8 Å². The largest absolute Gasteiger partial charge is 0.484 e. The van der Waals surface area contributed by atoms with Crippen molar-refractivity contribution in [3.05, 3.63) is 42.1 Å². The quantitative estimate of drug-likeness (QED) is 0.366. The number of ether oxygens (including phenoxy) is 1. The second-order valence-corrected chi connectivity index (χ2v) is 6.51. The number of nitrogen functional groups attached to an aromatic ring is 1. The molecule has 0 radical (unpaired) electrons. The van der Waals surface area contributed by atoms with E-state index in [4.69, 9.17) is 15.9 Å². The summed E-state index contributed by atoms with van der Waals surface area (Å²) in [6, 6.07) is 8.85. The standard InChI is InChI=1S/C19H22N8O2/c1-11(2)23-17(28)10-29-14-5-3-12(4-6-14)18-25-19(27-26-18)24-16-7-13(8-20)15(21)9-22-16/h3-9,11,20H,10,21H2,1-2H3,(H,23,28)(H2,22,24,25,26,27). The van der Waals surface area contributed by atoms with E-state index in [1.165, 1.54) is 6.20 Å². The summed E-state index contributed by atoms with van der Waals surface area (Å²) in [5, 5.41) is 20.0.